The molecule has 166 valence electrons. The molecule has 4 rings (SSSR count). The third-order valence-electron chi connectivity index (χ3n) is 5.63. The molecule has 8 heteroatoms. The first-order chi connectivity index (χ1) is 15.1. The van der Waals surface area contributed by atoms with Crippen LogP contribution in [0.3, 0.4) is 0 Å². The fraction of sp³-hybridized carbons (Fsp3) is 0.435. The zero-order valence-electron chi connectivity index (χ0n) is 17.4. The number of amides is 2. The molecule has 0 radical (unpaired) electrons. The zero-order chi connectivity index (χ0) is 21.6. The Balaban J connectivity index is 1.42. The number of urea groups is 1. The number of halogens is 1. The highest BCUT2D eigenvalue weighted by atomic mass is 35.5. The number of nitrogens with zero attached hydrogens (tertiary/aromatic N) is 1. The fourth-order valence-electron chi connectivity index (χ4n) is 3.95. The maximum Gasteiger partial charge on any atom is 0.315 e. The minimum Gasteiger partial charge on any atom is -0.486 e. The number of fused-ring (bicyclic) bond motifs is 1. The second kappa shape index (κ2) is 10.2. The van der Waals surface area contributed by atoms with Gasteiger partial charge in [0.2, 0.25) is 0 Å². The lowest BCUT2D eigenvalue weighted by atomic mass is 10.0. The summed E-state index contributed by atoms with van der Waals surface area (Å²) in [5, 5.41) is 17.6. The number of benzene rings is 2. The number of carbonyl (C=O) groups is 1. The van der Waals surface area contributed by atoms with Crippen LogP contribution in [0, 0.1) is 0 Å². The van der Waals surface area contributed by atoms with E-state index in [1.165, 1.54) is 0 Å². The monoisotopic (exact) mass is 445 g/mol. The molecule has 2 aromatic carbocycles. The smallest absolute Gasteiger partial charge is 0.315 e. The van der Waals surface area contributed by atoms with E-state index in [1.807, 2.05) is 18.2 Å². The Kier molecular flexibility index (Phi) is 7.17. The average Bonchev–Trinajstić information content (AvgIpc) is 3.30. The van der Waals surface area contributed by atoms with E-state index in [0.717, 1.165) is 31.5 Å². The second-order valence-electron chi connectivity index (χ2n) is 7.92. The van der Waals surface area contributed by atoms with Crippen LogP contribution in [0.25, 0.3) is 0 Å². The minimum absolute atomic E-state index is 0.323. The van der Waals surface area contributed by atoms with E-state index in [4.69, 9.17) is 21.1 Å². The van der Waals surface area contributed by atoms with Gasteiger partial charge in [0.15, 0.2) is 11.5 Å². The average molecular weight is 446 g/mol. The summed E-state index contributed by atoms with van der Waals surface area (Å²) in [5.41, 5.74) is 1.63. The molecule has 3 N–H and O–H groups in total. The fourth-order valence-corrected chi connectivity index (χ4v) is 4.07. The van der Waals surface area contributed by atoms with Gasteiger partial charge in [-0.15, -0.1) is 0 Å². The minimum atomic E-state index is -0.877. The van der Waals surface area contributed by atoms with Crippen molar-refractivity contribution in [1.29, 1.82) is 0 Å². The van der Waals surface area contributed by atoms with Gasteiger partial charge >= 0.3 is 6.03 Å². The second-order valence-corrected chi connectivity index (χ2v) is 8.35. The first kappa shape index (κ1) is 21.7. The Morgan fingerprint density at radius 1 is 1.06 bits per heavy atom. The Bertz CT molecular complexity index is 887. The van der Waals surface area contributed by atoms with Gasteiger partial charge in [-0.2, -0.15) is 0 Å². The van der Waals surface area contributed by atoms with Crippen LogP contribution in [0.5, 0.6) is 11.5 Å². The van der Waals surface area contributed by atoms with E-state index >= 15 is 0 Å². The van der Waals surface area contributed by atoms with Crippen molar-refractivity contribution in [3.05, 3.63) is 58.6 Å². The van der Waals surface area contributed by atoms with Crippen molar-refractivity contribution in [3.63, 3.8) is 0 Å². The van der Waals surface area contributed by atoms with Crippen LogP contribution in [-0.4, -0.2) is 54.9 Å². The van der Waals surface area contributed by atoms with Crippen LogP contribution in [-0.2, 0) is 6.54 Å². The first-order valence-electron chi connectivity index (χ1n) is 10.7. The highest BCUT2D eigenvalue weighted by Crippen LogP contribution is 2.33. The third kappa shape index (κ3) is 5.81. The van der Waals surface area contributed by atoms with Crippen molar-refractivity contribution in [2.75, 3.05) is 32.8 Å². The largest absolute Gasteiger partial charge is 0.486 e. The lowest BCUT2D eigenvalue weighted by Gasteiger charge is -2.29. The predicted molar refractivity (Wildman–Crippen MR) is 119 cm³/mol. The molecule has 0 saturated carbocycles. The summed E-state index contributed by atoms with van der Waals surface area (Å²) in [7, 11) is 0. The van der Waals surface area contributed by atoms with Gasteiger partial charge in [-0.1, -0.05) is 29.8 Å². The molecule has 2 heterocycles. The summed E-state index contributed by atoms with van der Waals surface area (Å²) in [6.07, 6.45) is 1.39. The van der Waals surface area contributed by atoms with Gasteiger partial charge in [-0.3, -0.25) is 0 Å². The van der Waals surface area contributed by atoms with Gasteiger partial charge in [0.05, 0.1) is 6.04 Å². The SMILES string of the molecule is O=C(NCc1ccc(Cl)cc1)NC(CN1CCCC1)C(O)c1ccc2c(c1)OCCO2. The quantitative estimate of drug-likeness (QED) is 0.610. The number of rotatable bonds is 7. The molecule has 0 aliphatic carbocycles. The first-order valence-corrected chi connectivity index (χ1v) is 11.0. The lowest BCUT2D eigenvalue weighted by molar-refractivity contribution is 0.108. The molecule has 0 aromatic heterocycles. The van der Waals surface area contributed by atoms with Crippen molar-refractivity contribution in [3.8, 4) is 11.5 Å². The number of aliphatic hydroxyl groups excluding tert-OH is 1. The Labute approximate surface area is 187 Å². The van der Waals surface area contributed by atoms with Crippen molar-refractivity contribution >= 4 is 17.6 Å². The van der Waals surface area contributed by atoms with E-state index in [0.29, 0.717) is 48.4 Å². The Hall–Kier alpha value is -2.48. The van der Waals surface area contributed by atoms with Crippen molar-refractivity contribution < 1.29 is 19.4 Å². The highest BCUT2D eigenvalue weighted by molar-refractivity contribution is 6.30. The summed E-state index contributed by atoms with van der Waals surface area (Å²) < 4.78 is 11.2. The van der Waals surface area contributed by atoms with Crippen LogP contribution in [0.15, 0.2) is 42.5 Å². The third-order valence-corrected chi connectivity index (χ3v) is 5.88. The molecular weight excluding hydrogens is 418 g/mol. The summed E-state index contributed by atoms with van der Waals surface area (Å²) in [5.74, 6) is 1.29. The van der Waals surface area contributed by atoms with Crippen LogP contribution in [0.4, 0.5) is 4.79 Å². The standard InChI is InChI=1S/C23H28ClN3O4/c24-18-6-3-16(4-7-18)14-25-23(29)26-19(15-27-9-1-2-10-27)22(28)17-5-8-20-21(13-17)31-12-11-30-20/h3-8,13,19,22,28H,1-2,9-12,14-15H2,(H2,25,26,29). The van der Waals surface area contributed by atoms with Gasteiger partial charge in [-0.25, -0.2) is 4.79 Å². The highest BCUT2D eigenvalue weighted by Gasteiger charge is 2.27. The molecule has 2 atom stereocenters. The number of ether oxygens (including phenoxy) is 2. The molecule has 2 aromatic rings. The van der Waals surface area contributed by atoms with E-state index in [2.05, 4.69) is 15.5 Å². The van der Waals surface area contributed by atoms with Crippen molar-refractivity contribution in [2.24, 2.45) is 0 Å². The maximum atomic E-state index is 12.6. The molecule has 0 spiro atoms. The summed E-state index contributed by atoms with van der Waals surface area (Å²) in [6.45, 7) is 3.89. The van der Waals surface area contributed by atoms with Crippen molar-refractivity contribution in [1.82, 2.24) is 15.5 Å². The zero-order valence-corrected chi connectivity index (χ0v) is 18.1. The van der Waals surface area contributed by atoms with Crippen molar-refractivity contribution in [2.45, 2.75) is 31.5 Å². The van der Waals surface area contributed by atoms with E-state index < -0.39 is 12.1 Å². The van der Waals surface area contributed by atoms with Gasteiger partial charge in [0.1, 0.15) is 19.3 Å². The summed E-state index contributed by atoms with van der Waals surface area (Å²) in [4.78, 5) is 14.9. The number of carbonyl (C=O) groups excluding carboxylic acids is 1. The van der Waals surface area contributed by atoms with E-state index in [1.54, 1.807) is 24.3 Å². The Morgan fingerprint density at radius 3 is 2.52 bits per heavy atom. The molecule has 0 bridgehead atoms. The Morgan fingerprint density at radius 2 is 1.77 bits per heavy atom. The number of hydrogen-bond acceptors (Lipinski definition) is 5. The normalized spacial score (nSPS) is 17.7. The van der Waals surface area contributed by atoms with Crippen LogP contribution < -0.4 is 20.1 Å². The van der Waals surface area contributed by atoms with E-state index in [-0.39, 0.29) is 6.03 Å². The number of hydrogen-bond donors (Lipinski definition) is 3. The van der Waals surface area contributed by atoms with Gasteiger partial charge in [0, 0.05) is 18.1 Å². The van der Waals surface area contributed by atoms with Gasteiger partial charge in [-0.05, 0) is 61.3 Å². The molecule has 7 nitrogen and oxygen atoms in total. The molecule has 2 aliphatic heterocycles. The van der Waals surface area contributed by atoms with Crippen LogP contribution in [0.1, 0.15) is 30.1 Å². The molecule has 2 aliphatic rings. The topological polar surface area (TPSA) is 83.1 Å². The molecular formula is C23H28ClN3O4. The van der Waals surface area contributed by atoms with Gasteiger partial charge < -0.3 is 30.1 Å². The summed E-state index contributed by atoms with van der Waals surface area (Å²) >= 11 is 5.91. The molecule has 1 fully saturated rings. The molecule has 2 amide bonds. The maximum absolute atomic E-state index is 12.6. The molecule has 2 unspecified atom stereocenters. The van der Waals surface area contributed by atoms with Crippen LogP contribution >= 0.6 is 11.6 Å². The summed E-state index contributed by atoms with van der Waals surface area (Å²) in [6, 6.07) is 12.0. The number of nitrogens with one attached hydrogen (secondary N) is 2. The molecule has 1 saturated heterocycles. The van der Waals surface area contributed by atoms with Gasteiger partial charge in [0.25, 0.3) is 0 Å². The number of likely N-dealkylation sites (tertiary alicyclic amines) is 1. The number of aliphatic hydroxyl groups is 1. The van der Waals surface area contributed by atoms with E-state index in [9.17, 15) is 9.90 Å². The molecule has 31 heavy (non-hydrogen) atoms. The predicted octanol–water partition coefficient (Wildman–Crippen LogP) is 3.11. The lowest BCUT2D eigenvalue weighted by Crippen LogP contribution is -2.49. The van der Waals surface area contributed by atoms with Crippen LogP contribution in [0.2, 0.25) is 5.02 Å².